The number of hydrogen-bond acceptors (Lipinski definition) is 5. The fourth-order valence-corrected chi connectivity index (χ4v) is 4.11. The molecule has 1 saturated carbocycles. The van der Waals surface area contributed by atoms with Crippen molar-refractivity contribution in [2.75, 3.05) is 0 Å². The molecule has 0 radical (unpaired) electrons. The highest BCUT2D eigenvalue weighted by molar-refractivity contribution is 5.76. The number of fused-ring (bicyclic) bond motifs is 2. The van der Waals surface area contributed by atoms with Crippen molar-refractivity contribution in [3.05, 3.63) is 47.3 Å². The van der Waals surface area contributed by atoms with E-state index in [4.69, 9.17) is 4.98 Å². The predicted octanol–water partition coefficient (Wildman–Crippen LogP) is 4.40. The van der Waals surface area contributed by atoms with Gasteiger partial charge in [-0.25, -0.2) is 14.5 Å². The van der Waals surface area contributed by atoms with Gasteiger partial charge in [0.15, 0.2) is 5.65 Å². The Hall–Kier alpha value is -2.89. The molecule has 27 heavy (non-hydrogen) atoms. The van der Waals surface area contributed by atoms with Crippen LogP contribution in [0.1, 0.15) is 54.8 Å². The van der Waals surface area contributed by atoms with E-state index in [-0.39, 0.29) is 0 Å². The number of imidazole rings is 1. The highest BCUT2D eigenvalue weighted by Gasteiger charge is 2.17. The standard InChI is InChI=1S/C21H22N6/c1-13-10-19(26-27-12-14(2)22-21(13)27)20-23-17-9-8-16(11-18(17)24-25-20)15-6-4-3-5-7-15/h8-12,15H,3-7H2,1-2H3. The number of hydrogen-bond donors (Lipinski definition) is 0. The van der Waals surface area contributed by atoms with E-state index in [9.17, 15) is 0 Å². The van der Waals surface area contributed by atoms with E-state index in [1.165, 1.54) is 37.7 Å². The minimum absolute atomic E-state index is 0.546. The zero-order chi connectivity index (χ0) is 18.4. The third kappa shape index (κ3) is 2.95. The first-order valence-electron chi connectivity index (χ1n) is 9.66. The lowest BCUT2D eigenvalue weighted by Crippen LogP contribution is -2.05. The smallest absolute Gasteiger partial charge is 0.202 e. The van der Waals surface area contributed by atoms with Gasteiger partial charge in [0, 0.05) is 0 Å². The van der Waals surface area contributed by atoms with Gasteiger partial charge in [0.2, 0.25) is 5.82 Å². The Labute approximate surface area is 157 Å². The largest absolute Gasteiger partial charge is 0.232 e. The summed E-state index contributed by atoms with van der Waals surface area (Å²) in [5.41, 5.74) is 6.65. The van der Waals surface area contributed by atoms with Crippen LogP contribution in [0.25, 0.3) is 28.2 Å². The van der Waals surface area contributed by atoms with Crippen molar-refractivity contribution in [1.82, 2.24) is 29.8 Å². The van der Waals surface area contributed by atoms with Crippen molar-refractivity contribution in [2.45, 2.75) is 51.9 Å². The van der Waals surface area contributed by atoms with Crippen LogP contribution in [0.4, 0.5) is 0 Å². The summed E-state index contributed by atoms with van der Waals surface area (Å²) < 4.78 is 1.79. The van der Waals surface area contributed by atoms with Crippen molar-refractivity contribution in [3.63, 3.8) is 0 Å². The molecule has 0 bridgehead atoms. The molecule has 1 aliphatic carbocycles. The topological polar surface area (TPSA) is 68.9 Å². The molecule has 6 nitrogen and oxygen atoms in total. The average Bonchev–Trinajstić information content (AvgIpc) is 3.09. The van der Waals surface area contributed by atoms with Crippen LogP contribution >= 0.6 is 0 Å². The van der Waals surface area contributed by atoms with E-state index in [1.54, 1.807) is 4.52 Å². The zero-order valence-electron chi connectivity index (χ0n) is 15.7. The lowest BCUT2D eigenvalue weighted by molar-refractivity contribution is 0.444. The third-order valence-corrected chi connectivity index (χ3v) is 5.51. The lowest BCUT2D eigenvalue weighted by atomic mass is 9.84. The number of rotatable bonds is 2. The molecule has 3 aromatic heterocycles. The minimum Gasteiger partial charge on any atom is -0.232 e. The molecule has 1 aliphatic rings. The molecule has 0 unspecified atom stereocenters. The van der Waals surface area contributed by atoms with Gasteiger partial charge in [0.05, 0.1) is 17.4 Å². The monoisotopic (exact) mass is 358 g/mol. The van der Waals surface area contributed by atoms with Gasteiger partial charge in [-0.3, -0.25) is 0 Å². The highest BCUT2D eigenvalue weighted by atomic mass is 15.3. The molecule has 1 aromatic carbocycles. The van der Waals surface area contributed by atoms with Crippen LogP contribution < -0.4 is 0 Å². The molecule has 0 spiro atoms. The number of benzene rings is 1. The van der Waals surface area contributed by atoms with E-state index in [0.717, 1.165) is 27.9 Å². The summed E-state index contributed by atoms with van der Waals surface area (Å²) in [4.78, 5) is 9.21. The van der Waals surface area contributed by atoms with Gasteiger partial charge in [-0.1, -0.05) is 25.3 Å². The van der Waals surface area contributed by atoms with Gasteiger partial charge < -0.3 is 0 Å². The van der Waals surface area contributed by atoms with E-state index < -0.39 is 0 Å². The molecule has 136 valence electrons. The Kier molecular flexibility index (Phi) is 3.85. The van der Waals surface area contributed by atoms with Crippen molar-refractivity contribution in [1.29, 1.82) is 0 Å². The number of aromatic nitrogens is 6. The molecule has 0 N–H and O–H groups in total. The first kappa shape index (κ1) is 16.3. The van der Waals surface area contributed by atoms with Gasteiger partial charge in [0.25, 0.3) is 0 Å². The summed E-state index contributed by atoms with van der Waals surface area (Å²) in [6.07, 6.45) is 8.48. The van der Waals surface area contributed by atoms with Crippen molar-refractivity contribution in [2.24, 2.45) is 0 Å². The van der Waals surface area contributed by atoms with Gasteiger partial charge in [0.1, 0.15) is 11.2 Å². The van der Waals surface area contributed by atoms with Crippen LogP contribution in [0.2, 0.25) is 0 Å². The van der Waals surface area contributed by atoms with Gasteiger partial charge in [-0.15, -0.1) is 10.2 Å². The molecule has 1 fully saturated rings. The minimum atomic E-state index is 0.546. The van der Waals surface area contributed by atoms with Crippen LogP contribution in [-0.4, -0.2) is 29.8 Å². The predicted molar refractivity (Wildman–Crippen MR) is 105 cm³/mol. The fraction of sp³-hybridized carbons (Fsp3) is 0.381. The Morgan fingerprint density at radius 3 is 2.63 bits per heavy atom. The Morgan fingerprint density at radius 1 is 0.926 bits per heavy atom. The molecule has 6 heteroatoms. The average molecular weight is 358 g/mol. The maximum atomic E-state index is 4.72. The molecule has 5 rings (SSSR count). The maximum Gasteiger partial charge on any atom is 0.202 e. The summed E-state index contributed by atoms with van der Waals surface area (Å²) in [6, 6.07) is 8.42. The first-order valence-corrected chi connectivity index (χ1v) is 9.66. The van der Waals surface area contributed by atoms with E-state index in [2.05, 4.69) is 38.5 Å². The molecule has 3 heterocycles. The van der Waals surface area contributed by atoms with E-state index >= 15 is 0 Å². The number of nitrogens with zero attached hydrogens (tertiary/aromatic N) is 6. The zero-order valence-corrected chi connectivity index (χ0v) is 15.7. The van der Waals surface area contributed by atoms with E-state index in [0.29, 0.717) is 17.4 Å². The summed E-state index contributed by atoms with van der Waals surface area (Å²) in [7, 11) is 0. The van der Waals surface area contributed by atoms with Crippen LogP contribution in [0, 0.1) is 13.8 Å². The van der Waals surface area contributed by atoms with Crippen LogP contribution in [0.15, 0.2) is 30.5 Å². The molecule has 4 aromatic rings. The summed E-state index contributed by atoms with van der Waals surface area (Å²) >= 11 is 0. The van der Waals surface area contributed by atoms with Crippen LogP contribution in [-0.2, 0) is 0 Å². The molecule has 0 saturated heterocycles. The molecular formula is C21H22N6. The summed E-state index contributed by atoms with van der Waals surface area (Å²) in [5.74, 6) is 1.20. The van der Waals surface area contributed by atoms with Crippen LogP contribution in [0.5, 0.6) is 0 Å². The second-order valence-electron chi connectivity index (χ2n) is 7.58. The van der Waals surface area contributed by atoms with E-state index in [1.807, 2.05) is 26.1 Å². The quantitative estimate of drug-likeness (QED) is 0.531. The van der Waals surface area contributed by atoms with Crippen molar-refractivity contribution in [3.8, 4) is 11.5 Å². The van der Waals surface area contributed by atoms with Crippen molar-refractivity contribution >= 4 is 16.7 Å². The summed E-state index contributed by atoms with van der Waals surface area (Å²) in [5, 5.41) is 13.4. The Bertz CT molecular complexity index is 1140. The van der Waals surface area contributed by atoms with Crippen molar-refractivity contribution < 1.29 is 0 Å². The molecule has 0 amide bonds. The van der Waals surface area contributed by atoms with Gasteiger partial charge >= 0.3 is 0 Å². The lowest BCUT2D eigenvalue weighted by Gasteiger charge is -2.21. The highest BCUT2D eigenvalue weighted by Crippen LogP contribution is 2.33. The summed E-state index contributed by atoms with van der Waals surface area (Å²) in [6.45, 7) is 3.99. The fourth-order valence-electron chi connectivity index (χ4n) is 4.11. The second kappa shape index (κ2) is 6.37. The number of aryl methyl sites for hydroxylation is 2. The first-order chi connectivity index (χ1) is 13.2. The maximum absolute atomic E-state index is 4.72. The Balaban J connectivity index is 1.54. The second-order valence-corrected chi connectivity index (χ2v) is 7.58. The Morgan fingerprint density at radius 2 is 1.78 bits per heavy atom. The van der Waals surface area contributed by atoms with Gasteiger partial charge in [-0.2, -0.15) is 5.10 Å². The SMILES string of the molecule is Cc1cn2nc(-c3nnc4cc(C5CCCCC5)ccc4n3)cc(C)c2n1. The molecular weight excluding hydrogens is 336 g/mol. The normalized spacial score (nSPS) is 15.6. The molecule has 0 atom stereocenters. The molecule has 0 aliphatic heterocycles. The van der Waals surface area contributed by atoms with Gasteiger partial charge in [-0.05, 0) is 61.9 Å². The van der Waals surface area contributed by atoms with Crippen LogP contribution in [0.3, 0.4) is 0 Å². The third-order valence-electron chi connectivity index (χ3n) is 5.51.